The van der Waals surface area contributed by atoms with Gasteiger partial charge in [0.1, 0.15) is 0 Å². The molecule has 4 heteroatoms. The topological polar surface area (TPSA) is 50.2 Å². The third kappa shape index (κ3) is 1.44. The van der Waals surface area contributed by atoms with E-state index in [-0.39, 0.29) is 12.1 Å². The number of allylic oxidation sites excluding steroid dienone is 2. The van der Waals surface area contributed by atoms with E-state index in [1.54, 1.807) is 18.5 Å². The molecule has 0 saturated heterocycles. The Bertz CT molecular complexity index is 447. The lowest BCUT2D eigenvalue weighted by Crippen LogP contribution is -2.33. The SMILES string of the molecule is C1=CC2N=C(c3ncccn3)NC2C=C1. The molecule has 4 nitrogen and oxygen atoms in total. The van der Waals surface area contributed by atoms with E-state index in [1.807, 2.05) is 12.2 Å². The van der Waals surface area contributed by atoms with Gasteiger partial charge in [-0.25, -0.2) is 9.97 Å². The zero-order valence-electron chi connectivity index (χ0n) is 8.04. The summed E-state index contributed by atoms with van der Waals surface area (Å²) in [4.78, 5) is 12.9. The van der Waals surface area contributed by atoms with Crippen molar-refractivity contribution < 1.29 is 0 Å². The van der Waals surface area contributed by atoms with Crippen LogP contribution in [0.4, 0.5) is 0 Å². The molecule has 0 fully saturated rings. The lowest BCUT2D eigenvalue weighted by atomic mass is 10.1. The fraction of sp³-hybridized carbons (Fsp3) is 0.182. The molecule has 0 amide bonds. The third-order valence-corrected chi connectivity index (χ3v) is 2.46. The minimum atomic E-state index is 0.189. The number of aliphatic imine (C=N–C) groups is 1. The number of amidine groups is 1. The summed E-state index contributed by atoms with van der Waals surface area (Å²) in [6.07, 6.45) is 11.7. The standard InChI is InChI=1S/C11H10N4/c1-2-5-9-8(4-1)14-11(15-9)10-12-6-3-7-13-10/h1-9H,(H,14,15). The first-order valence-electron chi connectivity index (χ1n) is 4.90. The van der Waals surface area contributed by atoms with Gasteiger partial charge in [-0.15, -0.1) is 0 Å². The molecular weight excluding hydrogens is 188 g/mol. The van der Waals surface area contributed by atoms with Crippen LogP contribution in [0.2, 0.25) is 0 Å². The van der Waals surface area contributed by atoms with Crippen LogP contribution in [-0.2, 0) is 0 Å². The van der Waals surface area contributed by atoms with Gasteiger partial charge in [0, 0.05) is 12.4 Å². The molecule has 0 aromatic carbocycles. The molecule has 2 heterocycles. The fourth-order valence-electron chi connectivity index (χ4n) is 1.74. The van der Waals surface area contributed by atoms with Crippen molar-refractivity contribution in [2.24, 2.45) is 4.99 Å². The molecule has 1 aromatic heterocycles. The minimum absolute atomic E-state index is 0.189. The van der Waals surface area contributed by atoms with E-state index >= 15 is 0 Å². The summed E-state index contributed by atoms with van der Waals surface area (Å²) in [5.41, 5.74) is 0. The Hall–Kier alpha value is -1.97. The normalized spacial score (nSPS) is 27.1. The summed E-state index contributed by atoms with van der Waals surface area (Å²) < 4.78 is 0. The second-order valence-corrected chi connectivity index (χ2v) is 3.48. The van der Waals surface area contributed by atoms with Crippen LogP contribution >= 0.6 is 0 Å². The van der Waals surface area contributed by atoms with Crippen molar-refractivity contribution in [1.29, 1.82) is 0 Å². The average Bonchev–Trinajstić information content (AvgIpc) is 2.74. The van der Waals surface area contributed by atoms with Crippen LogP contribution in [0.15, 0.2) is 47.8 Å². The molecule has 2 aliphatic rings. The predicted octanol–water partition coefficient (Wildman–Crippen LogP) is 0.690. The van der Waals surface area contributed by atoms with Gasteiger partial charge >= 0.3 is 0 Å². The summed E-state index contributed by atoms with van der Waals surface area (Å²) in [6.45, 7) is 0. The largest absolute Gasteiger partial charge is 0.358 e. The maximum Gasteiger partial charge on any atom is 0.194 e. The van der Waals surface area contributed by atoms with E-state index in [4.69, 9.17) is 0 Å². The summed E-state index contributed by atoms with van der Waals surface area (Å²) in [6, 6.07) is 2.24. The van der Waals surface area contributed by atoms with Gasteiger partial charge in [-0.2, -0.15) is 0 Å². The monoisotopic (exact) mass is 198 g/mol. The highest BCUT2D eigenvalue weighted by Crippen LogP contribution is 2.15. The number of hydrogen-bond donors (Lipinski definition) is 1. The van der Waals surface area contributed by atoms with Gasteiger partial charge in [0.05, 0.1) is 12.1 Å². The van der Waals surface area contributed by atoms with E-state index in [0.717, 1.165) is 5.84 Å². The first-order chi connectivity index (χ1) is 7.43. The average molecular weight is 198 g/mol. The first kappa shape index (κ1) is 8.35. The zero-order chi connectivity index (χ0) is 10.1. The quantitative estimate of drug-likeness (QED) is 0.722. The minimum Gasteiger partial charge on any atom is -0.358 e. The van der Waals surface area contributed by atoms with Crippen molar-refractivity contribution in [1.82, 2.24) is 15.3 Å². The van der Waals surface area contributed by atoms with Crippen molar-refractivity contribution in [3.8, 4) is 0 Å². The summed E-state index contributed by atoms with van der Waals surface area (Å²) in [5, 5.41) is 3.30. The maximum absolute atomic E-state index is 4.52. The molecule has 15 heavy (non-hydrogen) atoms. The summed E-state index contributed by atoms with van der Waals surface area (Å²) >= 11 is 0. The molecule has 2 atom stereocenters. The molecule has 0 radical (unpaired) electrons. The van der Waals surface area contributed by atoms with E-state index < -0.39 is 0 Å². The van der Waals surface area contributed by atoms with E-state index in [1.165, 1.54) is 0 Å². The van der Waals surface area contributed by atoms with E-state index in [9.17, 15) is 0 Å². The molecule has 1 aliphatic heterocycles. The zero-order valence-corrected chi connectivity index (χ0v) is 8.04. The van der Waals surface area contributed by atoms with Crippen molar-refractivity contribution in [3.05, 3.63) is 48.6 Å². The molecule has 0 bridgehead atoms. The van der Waals surface area contributed by atoms with Crippen molar-refractivity contribution in [2.75, 3.05) is 0 Å². The van der Waals surface area contributed by atoms with Gasteiger partial charge in [0.15, 0.2) is 11.7 Å². The molecule has 1 aliphatic carbocycles. The number of nitrogens with one attached hydrogen (secondary N) is 1. The lowest BCUT2D eigenvalue weighted by Gasteiger charge is -2.13. The molecule has 0 saturated carbocycles. The summed E-state index contributed by atoms with van der Waals surface area (Å²) in [5.74, 6) is 1.44. The molecule has 1 N–H and O–H groups in total. The Morgan fingerprint density at radius 2 is 1.87 bits per heavy atom. The molecule has 1 aromatic rings. The van der Waals surface area contributed by atoms with Crippen molar-refractivity contribution in [2.45, 2.75) is 12.1 Å². The molecule has 2 unspecified atom stereocenters. The van der Waals surface area contributed by atoms with Crippen LogP contribution in [0.1, 0.15) is 5.82 Å². The van der Waals surface area contributed by atoms with Crippen molar-refractivity contribution in [3.63, 3.8) is 0 Å². The highest BCUT2D eigenvalue weighted by Gasteiger charge is 2.27. The van der Waals surface area contributed by atoms with Crippen LogP contribution in [0.5, 0.6) is 0 Å². The Labute approximate surface area is 87.5 Å². The van der Waals surface area contributed by atoms with Gasteiger partial charge < -0.3 is 5.32 Å². The van der Waals surface area contributed by atoms with E-state index in [2.05, 4.69) is 32.4 Å². The summed E-state index contributed by atoms with van der Waals surface area (Å²) in [7, 11) is 0. The smallest absolute Gasteiger partial charge is 0.194 e. The second kappa shape index (κ2) is 3.31. The van der Waals surface area contributed by atoms with Crippen LogP contribution in [0.25, 0.3) is 0 Å². The lowest BCUT2D eigenvalue weighted by molar-refractivity contribution is 0.694. The van der Waals surface area contributed by atoms with Gasteiger partial charge in [-0.1, -0.05) is 24.3 Å². The molecular formula is C11H10N4. The Morgan fingerprint density at radius 1 is 1.07 bits per heavy atom. The van der Waals surface area contributed by atoms with Crippen LogP contribution in [0.3, 0.4) is 0 Å². The third-order valence-electron chi connectivity index (χ3n) is 2.46. The number of aromatic nitrogens is 2. The molecule has 74 valence electrons. The second-order valence-electron chi connectivity index (χ2n) is 3.48. The highest BCUT2D eigenvalue weighted by atomic mass is 15.2. The number of hydrogen-bond acceptors (Lipinski definition) is 4. The van der Waals surface area contributed by atoms with Gasteiger partial charge in [-0.05, 0) is 6.07 Å². The maximum atomic E-state index is 4.52. The van der Waals surface area contributed by atoms with Crippen LogP contribution in [-0.4, -0.2) is 27.9 Å². The van der Waals surface area contributed by atoms with Crippen LogP contribution in [0, 0.1) is 0 Å². The highest BCUT2D eigenvalue weighted by molar-refractivity contribution is 5.97. The van der Waals surface area contributed by atoms with E-state index in [0.29, 0.717) is 5.82 Å². The van der Waals surface area contributed by atoms with Crippen molar-refractivity contribution >= 4 is 5.84 Å². The number of rotatable bonds is 1. The predicted molar refractivity (Wildman–Crippen MR) is 57.6 cm³/mol. The molecule has 0 spiro atoms. The number of nitrogens with zero attached hydrogens (tertiary/aromatic N) is 3. The van der Waals surface area contributed by atoms with Gasteiger partial charge in [-0.3, -0.25) is 4.99 Å². The Morgan fingerprint density at radius 3 is 2.67 bits per heavy atom. The molecule has 3 rings (SSSR count). The van der Waals surface area contributed by atoms with Gasteiger partial charge in [0.25, 0.3) is 0 Å². The first-order valence-corrected chi connectivity index (χ1v) is 4.90. The number of fused-ring (bicyclic) bond motifs is 1. The van der Waals surface area contributed by atoms with Gasteiger partial charge in [0.2, 0.25) is 0 Å². The fourth-order valence-corrected chi connectivity index (χ4v) is 1.74. The van der Waals surface area contributed by atoms with Crippen LogP contribution < -0.4 is 5.32 Å². The Balaban J connectivity index is 1.91. The Kier molecular flexibility index (Phi) is 1.84.